The number of hydrogen-bond acceptors (Lipinski definition) is 1. The van der Waals surface area contributed by atoms with Crippen molar-refractivity contribution in [3.8, 4) is 0 Å². The van der Waals surface area contributed by atoms with Gasteiger partial charge in [0.05, 0.1) is 0 Å². The van der Waals surface area contributed by atoms with E-state index in [2.05, 4.69) is 5.32 Å². The number of hydrogen-bond donors (Lipinski definition) is 1. The first-order chi connectivity index (χ1) is 7.27. The Morgan fingerprint density at radius 2 is 1.93 bits per heavy atom. The summed E-state index contributed by atoms with van der Waals surface area (Å²) in [5, 5.41) is 3.55. The zero-order valence-corrected chi connectivity index (χ0v) is 8.85. The molecular weight excluding hydrogens is 189 g/mol. The van der Waals surface area contributed by atoms with Crippen LogP contribution in [-0.2, 0) is 6.42 Å². The smallest absolute Gasteiger partial charge is 0.125 e. The molecule has 0 bridgehead atoms. The van der Waals surface area contributed by atoms with Crippen molar-refractivity contribution in [2.45, 2.75) is 44.1 Å². The van der Waals surface area contributed by atoms with Gasteiger partial charge in [0.25, 0.3) is 0 Å². The Hall–Kier alpha value is -1.05. The number of anilines is 1. The number of nitrogens with one attached hydrogen (secondary N) is 1. The first kappa shape index (κ1) is 9.20. The van der Waals surface area contributed by atoms with Crippen molar-refractivity contribution in [3.05, 3.63) is 29.6 Å². The van der Waals surface area contributed by atoms with Crippen LogP contribution in [0.25, 0.3) is 0 Å². The fraction of sp³-hybridized carbons (Fsp3) is 0.538. The van der Waals surface area contributed by atoms with Gasteiger partial charge in [0.1, 0.15) is 5.82 Å². The Bertz CT molecular complexity index is 380. The maximum Gasteiger partial charge on any atom is 0.125 e. The Kier molecular flexibility index (Phi) is 1.98. The molecule has 0 atom stereocenters. The summed E-state index contributed by atoms with van der Waals surface area (Å²) in [6.45, 7) is 0. The largest absolute Gasteiger partial charge is 0.379 e. The van der Waals surface area contributed by atoms with Crippen LogP contribution in [-0.4, -0.2) is 5.54 Å². The van der Waals surface area contributed by atoms with Crippen molar-refractivity contribution < 1.29 is 4.39 Å². The molecule has 1 saturated carbocycles. The highest BCUT2D eigenvalue weighted by Gasteiger charge is 2.37. The lowest BCUT2D eigenvalue weighted by Crippen LogP contribution is -2.38. The van der Waals surface area contributed by atoms with Gasteiger partial charge in [-0.1, -0.05) is 25.3 Å². The molecule has 1 heterocycles. The molecule has 1 aliphatic heterocycles. The van der Waals surface area contributed by atoms with Gasteiger partial charge in [-0.25, -0.2) is 4.39 Å². The molecule has 2 aliphatic rings. The average Bonchev–Trinajstić information content (AvgIpc) is 2.56. The minimum Gasteiger partial charge on any atom is -0.379 e. The van der Waals surface area contributed by atoms with Crippen molar-refractivity contribution in [1.82, 2.24) is 0 Å². The zero-order valence-electron chi connectivity index (χ0n) is 8.85. The van der Waals surface area contributed by atoms with E-state index in [0.717, 1.165) is 12.1 Å². The molecule has 1 aromatic rings. The van der Waals surface area contributed by atoms with E-state index in [9.17, 15) is 4.39 Å². The SMILES string of the molecule is Fc1ccc2c(c1)NC1(CCCCC1)C2. The highest BCUT2D eigenvalue weighted by Crippen LogP contribution is 2.41. The molecule has 1 aliphatic carbocycles. The lowest BCUT2D eigenvalue weighted by Gasteiger charge is -2.34. The van der Waals surface area contributed by atoms with Crippen LogP contribution in [0.5, 0.6) is 0 Å². The van der Waals surface area contributed by atoms with E-state index >= 15 is 0 Å². The van der Waals surface area contributed by atoms with Crippen LogP contribution in [0.3, 0.4) is 0 Å². The summed E-state index contributed by atoms with van der Waals surface area (Å²) >= 11 is 0. The molecule has 1 spiro atoms. The summed E-state index contributed by atoms with van der Waals surface area (Å²) in [4.78, 5) is 0. The third kappa shape index (κ3) is 1.52. The summed E-state index contributed by atoms with van der Waals surface area (Å²) < 4.78 is 13.1. The van der Waals surface area contributed by atoms with Gasteiger partial charge in [-0.3, -0.25) is 0 Å². The summed E-state index contributed by atoms with van der Waals surface area (Å²) in [5.41, 5.74) is 2.57. The van der Waals surface area contributed by atoms with Gasteiger partial charge in [0, 0.05) is 11.2 Å². The molecule has 0 radical (unpaired) electrons. The number of rotatable bonds is 0. The third-order valence-corrected chi connectivity index (χ3v) is 3.81. The monoisotopic (exact) mass is 205 g/mol. The van der Waals surface area contributed by atoms with Crippen molar-refractivity contribution in [1.29, 1.82) is 0 Å². The van der Waals surface area contributed by atoms with E-state index in [-0.39, 0.29) is 11.4 Å². The van der Waals surface area contributed by atoms with Crippen LogP contribution >= 0.6 is 0 Å². The molecule has 1 fully saturated rings. The standard InChI is InChI=1S/C13H16FN/c14-11-5-4-10-9-13(15-12(10)8-11)6-2-1-3-7-13/h4-5,8,15H,1-3,6-7,9H2. The van der Waals surface area contributed by atoms with Crippen LogP contribution in [0.2, 0.25) is 0 Å². The van der Waals surface area contributed by atoms with E-state index < -0.39 is 0 Å². The van der Waals surface area contributed by atoms with E-state index in [1.807, 2.05) is 6.07 Å². The second-order valence-electron chi connectivity index (χ2n) is 4.94. The average molecular weight is 205 g/mol. The Morgan fingerprint density at radius 3 is 2.73 bits per heavy atom. The number of fused-ring (bicyclic) bond motifs is 1. The van der Waals surface area contributed by atoms with Crippen LogP contribution in [0.15, 0.2) is 18.2 Å². The predicted molar refractivity (Wildman–Crippen MR) is 59.5 cm³/mol. The Balaban J connectivity index is 1.90. The van der Waals surface area contributed by atoms with E-state index in [0.29, 0.717) is 0 Å². The van der Waals surface area contributed by atoms with Crippen LogP contribution in [0.4, 0.5) is 10.1 Å². The van der Waals surface area contributed by atoms with E-state index in [1.54, 1.807) is 12.1 Å². The quantitative estimate of drug-likeness (QED) is 0.683. The van der Waals surface area contributed by atoms with Crippen LogP contribution < -0.4 is 5.32 Å². The van der Waals surface area contributed by atoms with Gasteiger partial charge in [0.15, 0.2) is 0 Å². The molecule has 0 unspecified atom stereocenters. The van der Waals surface area contributed by atoms with Gasteiger partial charge in [0.2, 0.25) is 0 Å². The first-order valence-corrected chi connectivity index (χ1v) is 5.84. The fourth-order valence-electron chi connectivity index (χ4n) is 3.04. The molecule has 1 aromatic carbocycles. The number of benzene rings is 1. The lowest BCUT2D eigenvalue weighted by atomic mass is 9.80. The van der Waals surface area contributed by atoms with Crippen LogP contribution in [0, 0.1) is 5.82 Å². The van der Waals surface area contributed by atoms with Crippen molar-refractivity contribution >= 4 is 5.69 Å². The van der Waals surface area contributed by atoms with E-state index in [4.69, 9.17) is 0 Å². The number of halogens is 1. The van der Waals surface area contributed by atoms with Gasteiger partial charge in [-0.05, 0) is 37.0 Å². The van der Waals surface area contributed by atoms with Gasteiger partial charge >= 0.3 is 0 Å². The third-order valence-electron chi connectivity index (χ3n) is 3.81. The summed E-state index contributed by atoms with van der Waals surface area (Å²) in [7, 11) is 0. The molecular formula is C13H16FN. The molecule has 80 valence electrons. The van der Waals surface area contributed by atoms with Crippen molar-refractivity contribution in [3.63, 3.8) is 0 Å². The van der Waals surface area contributed by atoms with Crippen molar-refractivity contribution in [2.75, 3.05) is 5.32 Å². The Morgan fingerprint density at radius 1 is 1.13 bits per heavy atom. The van der Waals surface area contributed by atoms with Crippen LogP contribution in [0.1, 0.15) is 37.7 Å². The highest BCUT2D eigenvalue weighted by molar-refractivity contribution is 5.59. The summed E-state index contributed by atoms with van der Waals surface area (Å²) in [6.07, 6.45) is 7.54. The molecule has 0 saturated heterocycles. The fourth-order valence-corrected chi connectivity index (χ4v) is 3.04. The maximum absolute atomic E-state index is 13.1. The second-order valence-corrected chi connectivity index (χ2v) is 4.94. The molecule has 0 amide bonds. The molecule has 0 aromatic heterocycles. The highest BCUT2D eigenvalue weighted by atomic mass is 19.1. The molecule has 1 N–H and O–H groups in total. The lowest BCUT2D eigenvalue weighted by molar-refractivity contribution is 0.333. The van der Waals surface area contributed by atoms with Gasteiger partial charge in [-0.15, -0.1) is 0 Å². The minimum atomic E-state index is -0.130. The molecule has 2 heteroatoms. The molecule has 15 heavy (non-hydrogen) atoms. The maximum atomic E-state index is 13.1. The molecule has 3 rings (SSSR count). The summed E-state index contributed by atoms with van der Waals surface area (Å²) in [6, 6.07) is 5.14. The second kappa shape index (κ2) is 3.22. The zero-order chi connectivity index (χ0) is 10.3. The van der Waals surface area contributed by atoms with Gasteiger partial charge < -0.3 is 5.32 Å². The van der Waals surface area contributed by atoms with Gasteiger partial charge in [-0.2, -0.15) is 0 Å². The van der Waals surface area contributed by atoms with Crippen molar-refractivity contribution in [2.24, 2.45) is 0 Å². The minimum absolute atomic E-state index is 0.130. The first-order valence-electron chi connectivity index (χ1n) is 5.84. The topological polar surface area (TPSA) is 12.0 Å². The summed E-state index contributed by atoms with van der Waals surface area (Å²) in [5.74, 6) is -0.130. The van der Waals surface area contributed by atoms with E-state index in [1.165, 1.54) is 37.7 Å². The predicted octanol–water partition coefficient (Wildman–Crippen LogP) is 3.50. The Labute approximate surface area is 89.7 Å². The molecule has 1 nitrogen and oxygen atoms in total. The normalized spacial score (nSPS) is 22.5.